The Labute approximate surface area is 396 Å². The van der Waals surface area contributed by atoms with Gasteiger partial charge in [0.05, 0.1) is 7.11 Å². The lowest BCUT2D eigenvalue weighted by atomic mass is 9.92. The average Bonchev–Trinajstić information content (AvgIpc) is 3.99. The molecule has 0 unspecified atom stereocenters. The lowest BCUT2D eigenvalue weighted by Gasteiger charge is -2.12. The van der Waals surface area contributed by atoms with E-state index in [0.717, 1.165) is 71.0 Å². The fraction of sp³-hybridized carbons (Fsp3) is 0.0161. The van der Waals surface area contributed by atoms with Crippen molar-refractivity contribution in [2.75, 3.05) is 7.11 Å². The standard InChI is InChI=1S/C62H39N3O2S/c1-66-54-36-45(34-41-19-8-9-23-47(41)54)62-64-60(43-29-31-51-55(35-43)67-53-27-13-26-50(58(51)53)49-24-11-10-22-46(49)39-17-6-3-7-18-39)63-61(65-62)44-30-32-52-57(37-44)68-56-28-14-25-48(59(52)56)42-21-12-20-40(33-42)38-15-4-2-5-16-38/h2-37H,1H3. The molecule has 0 spiro atoms. The van der Waals surface area contributed by atoms with Crippen molar-refractivity contribution in [1.82, 2.24) is 15.0 Å². The van der Waals surface area contributed by atoms with Gasteiger partial charge in [0.25, 0.3) is 0 Å². The van der Waals surface area contributed by atoms with E-state index in [0.29, 0.717) is 17.5 Å². The molecule has 13 aromatic rings. The van der Waals surface area contributed by atoms with Gasteiger partial charge in [-0.15, -0.1) is 11.3 Å². The Morgan fingerprint density at radius 1 is 0.353 bits per heavy atom. The van der Waals surface area contributed by atoms with E-state index in [1.807, 2.05) is 24.3 Å². The molecule has 0 saturated heterocycles. The topological polar surface area (TPSA) is 61.0 Å². The summed E-state index contributed by atoms with van der Waals surface area (Å²) in [5, 5.41) is 6.60. The first-order valence-corrected chi connectivity index (χ1v) is 23.5. The number of hydrogen-bond donors (Lipinski definition) is 0. The minimum atomic E-state index is 0.547. The van der Waals surface area contributed by atoms with Gasteiger partial charge in [-0.2, -0.15) is 0 Å². The molecule has 6 heteroatoms. The van der Waals surface area contributed by atoms with Crippen LogP contribution in [-0.2, 0) is 0 Å². The number of nitrogens with zero attached hydrogens (tertiary/aromatic N) is 3. The highest BCUT2D eigenvalue weighted by Crippen LogP contribution is 2.44. The van der Waals surface area contributed by atoms with Gasteiger partial charge in [-0.1, -0.05) is 170 Å². The van der Waals surface area contributed by atoms with Gasteiger partial charge in [0.2, 0.25) is 0 Å². The quantitative estimate of drug-likeness (QED) is 0.152. The van der Waals surface area contributed by atoms with E-state index in [-0.39, 0.29) is 0 Å². The highest BCUT2D eigenvalue weighted by atomic mass is 32.1. The summed E-state index contributed by atoms with van der Waals surface area (Å²) >= 11 is 1.79. The number of rotatable bonds is 8. The van der Waals surface area contributed by atoms with Crippen molar-refractivity contribution in [3.8, 4) is 84.4 Å². The summed E-state index contributed by atoms with van der Waals surface area (Å²) < 4.78 is 15.0. The minimum Gasteiger partial charge on any atom is -0.496 e. The summed E-state index contributed by atoms with van der Waals surface area (Å²) in [6.07, 6.45) is 0. The van der Waals surface area contributed by atoms with E-state index in [1.165, 1.54) is 48.9 Å². The third-order valence-electron chi connectivity index (χ3n) is 13.0. The maximum Gasteiger partial charge on any atom is 0.164 e. The fourth-order valence-corrected chi connectivity index (χ4v) is 11.0. The Balaban J connectivity index is 0.958. The minimum absolute atomic E-state index is 0.547. The Hall–Kier alpha value is -8.71. The molecule has 68 heavy (non-hydrogen) atoms. The van der Waals surface area contributed by atoms with Crippen molar-refractivity contribution >= 4 is 64.2 Å². The van der Waals surface area contributed by atoms with Gasteiger partial charge in [0, 0.05) is 53.0 Å². The molecule has 0 aliphatic rings. The van der Waals surface area contributed by atoms with Crippen LogP contribution in [0.25, 0.3) is 132 Å². The molecule has 3 heterocycles. The van der Waals surface area contributed by atoms with Crippen LogP contribution in [0.15, 0.2) is 223 Å². The third kappa shape index (κ3) is 6.81. The van der Waals surface area contributed by atoms with Crippen LogP contribution in [0.3, 0.4) is 0 Å². The fourth-order valence-electron chi connectivity index (χ4n) is 9.82. The summed E-state index contributed by atoms with van der Waals surface area (Å²) in [6, 6.07) is 76.7. The van der Waals surface area contributed by atoms with Gasteiger partial charge in [-0.25, -0.2) is 15.0 Å². The maximum absolute atomic E-state index is 6.69. The second-order valence-electron chi connectivity index (χ2n) is 17.0. The smallest absolute Gasteiger partial charge is 0.164 e. The zero-order valence-corrected chi connectivity index (χ0v) is 37.7. The number of hydrogen-bond acceptors (Lipinski definition) is 6. The molecule has 0 atom stereocenters. The van der Waals surface area contributed by atoms with Crippen LogP contribution < -0.4 is 4.74 Å². The van der Waals surface area contributed by atoms with Gasteiger partial charge >= 0.3 is 0 Å². The van der Waals surface area contributed by atoms with Crippen molar-refractivity contribution in [3.63, 3.8) is 0 Å². The molecule has 0 amide bonds. The second kappa shape index (κ2) is 16.3. The van der Waals surface area contributed by atoms with E-state index in [1.54, 1.807) is 18.4 Å². The predicted octanol–water partition coefficient (Wildman–Crippen LogP) is 17.0. The first-order chi connectivity index (χ1) is 33.6. The lowest BCUT2D eigenvalue weighted by molar-refractivity contribution is 0.420. The van der Waals surface area contributed by atoms with Crippen molar-refractivity contribution in [2.45, 2.75) is 0 Å². The van der Waals surface area contributed by atoms with Gasteiger partial charge in [0.15, 0.2) is 17.5 Å². The van der Waals surface area contributed by atoms with Gasteiger partial charge in [-0.3, -0.25) is 0 Å². The average molecular weight is 890 g/mol. The van der Waals surface area contributed by atoms with Crippen LogP contribution in [-0.4, -0.2) is 22.1 Å². The first-order valence-electron chi connectivity index (χ1n) is 22.7. The Kier molecular flexibility index (Phi) is 9.51. The predicted molar refractivity (Wildman–Crippen MR) is 282 cm³/mol. The maximum atomic E-state index is 6.69. The van der Waals surface area contributed by atoms with E-state index in [2.05, 4.69) is 194 Å². The van der Waals surface area contributed by atoms with Gasteiger partial charge in [0.1, 0.15) is 16.9 Å². The lowest BCUT2D eigenvalue weighted by Crippen LogP contribution is -2.00. The van der Waals surface area contributed by atoms with E-state index >= 15 is 0 Å². The van der Waals surface area contributed by atoms with Crippen LogP contribution in [0.1, 0.15) is 0 Å². The molecular weight excluding hydrogens is 851 g/mol. The van der Waals surface area contributed by atoms with Crippen LogP contribution >= 0.6 is 11.3 Å². The zero-order valence-electron chi connectivity index (χ0n) is 36.9. The summed E-state index contributed by atoms with van der Waals surface area (Å²) in [6.45, 7) is 0. The normalized spacial score (nSPS) is 11.6. The number of aromatic nitrogens is 3. The first kappa shape index (κ1) is 39.6. The zero-order chi connectivity index (χ0) is 45.1. The van der Waals surface area contributed by atoms with E-state index in [9.17, 15) is 0 Å². The van der Waals surface area contributed by atoms with Gasteiger partial charge in [-0.05, 0) is 98.4 Å². The van der Waals surface area contributed by atoms with E-state index < -0.39 is 0 Å². The number of fused-ring (bicyclic) bond motifs is 7. The Morgan fingerprint density at radius 3 is 1.78 bits per heavy atom. The number of furan rings is 1. The summed E-state index contributed by atoms with van der Waals surface area (Å²) in [4.78, 5) is 15.7. The summed E-state index contributed by atoms with van der Waals surface area (Å²) in [7, 11) is 1.70. The van der Waals surface area contributed by atoms with E-state index in [4.69, 9.17) is 24.1 Å². The van der Waals surface area contributed by atoms with Crippen LogP contribution in [0, 0.1) is 0 Å². The molecule has 3 aromatic heterocycles. The third-order valence-corrected chi connectivity index (χ3v) is 14.1. The molecule has 5 nitrogen and oxygen atoms in total. The number of benzene rings is 10. The van der Waals surface area contributed by atoms with Crippen LogP contribution in [0.5, 0.6) is 5.75 Å². The molecule has 0 aliphatic carbocycles. The molecule has 10 aromatic carbocycles. The number of methoxy groups -OCH3 is 1. The van der Waals surface area contributed by atoms with Crippen LogP contribution in [0.2, 0.25) is 0 Å². The molecule has 320 valence electrons. The molecule has 0 N–H and O–H groups in total. The molecule has 0 fully saturated rings. The molecule has 13 rings (SSSR count). The van der Waals surface area contributed by atoms with Crippen molar-refractivity contribution in [2.24, 2.45) is 0 Å². The Bertz CT molecular complexity index is 4080. The molecule has 0 radical (unpaired) electrons. The van der Waals surface area contributed by atoms with Gasteiger partial charge < -0.3 is 9.15 Å². The monoisotopic (exact) mass is 889 g/mol. The van der Waals surface area contributed by atoms with Crippen molar-refractivity contribution < 1.29 is 9.15 Å². The Morgan fingerprint density at radius 2 is 0.971 bits per heavy atom. The molecule has 0 aliphatic heterocycles. The molecular formula is C62H39N3O2S. The van der Waals surface area contributed by atoms with Crippen molar-refractivity contribution in [1.29, 1.82) is 0 Å². The molecule has 0 bridgehead atoms. The number of thiophene rings is 1. The summed E-state index contributed by atoms with van der Waals surface area (Å²) in [5.41, 5.74) is 13.5. The largest absolute Gasteiger partial charge is 0.496 e. The van der Waals surface area contributed by atoms with Crippen LogP contribution in [0.4, 0.5) is 0 Å². The highest BCUT2D eigenvalue weighted by molar-refractivity contribution is 7.26. The van der Waals surface area contributed by atoms with Crippen molar-refractivity contribution in [3.05, 3.63) is 218 Å². The number of ether oxygens (including phenoxy) is 1. The highest BCUT2D eigenvalue weighted by Gasteiger charge is 2.20. The SMILES string of the molecule is COc1cc(-c2nc(-c3ccc4c(c3)oc3cccc(-c5ccccc5-c5ccccc5)c34)nc(-c3ccc4c(c3)sc3cccc(-c5cccc(-c6ccccc6)c5)c34)n2)cc2ccccc12. The second-order valence-corrected chi connectivity index (χ2v) is 18.1. The molecule has 0 saturated carbocycles. The summed E-state index contributed by atoms with van der Waals surface area (Å²) in [5.74, 6) is 2.44.